The smallest absolute Gasteiger partial charge is 0.311 e. The van der Waals surface area contributed by atoms with Crippen LogP contribution in [0.4, 0.5) is 0 Å². The number of esters is 1. The highest BCUT2D eigenvalue weighted by atomic mass is 32.2. The number of hydrogen-bond donors (Lipinski definition) is 1. The Balaban J connectivity index is 1.65. The summed E-state index contributed by atoms with van der Waals surface area (Å²) in [6.07, 6.45) is 13.8. The maximum absolute atomic E-state index is 14.6. The van der Waals surface area contributed by atoms with E-state index in [1.807, 2.05) is 54.3 Å². The zero-order valence-corrected chi connectivity index (χ0v) is 23.8. The highest BCUT2D eigenvalue weighted by Crippen LogP contribution is 2.66. The molecule has 4 aliphatic rings. The molecule has 7 nitrogen and oxygen atoms in total. The van der Waals surface area contributed by atoms with E-state index in [1.54, 1.807) is 16.7 Å². The average molecular weight is 553 g/mol. The highest BCUT2D eigenvalue weighted by Gasteiger charge is 2.74. The van der Waals surface area contributed by atoms with Crippen LogP contribution >= 0.6 is 11.8 Å². The highest BCUT2D eigenvalue weighted by molar-refractivity contribution is 8.02. The average Bonchev–Trinajstić information content (AvgIpc) is 3.26. The number of cyclic esters (lactones) is 1. The lowest BCUT2D eigenvalue weighted by Crippen LogP contribution is -2.54. The molecule has 1 aromatic rings. The summed E-state index contributed by atoms with van der Waals surface area (Å²) in [6.45, 7) is 5.22. The lowest BCUT2D eigenvalue weighted by molar-refractivity contribution is -0.155. The van der Waals surface area contributed by atoms with Crippen LogP contribution in [0.5, 0.6) is 0 Å². The third-order valence-corrected chi connectivity index (χ3v) is 10.5. The Bertz CT molecular complexity index is 1140. The predicted molar refractivity (Wildman–Crippen MR) is 152 cm³/mol. The normalized spacial score (nSPS) is 34.1. The summed E-state index contributed by atoms with van der Waals surface area (Å²) in [5.74, 6) is -2.27. The molecule has 2 saturated heterocycles. The van der Waals surface area contributed by atoms with Crippen molar-refractivity contribution in [1.82, 2.24) is 9.80 Å². The number of unbranched alkanes of at least 4 members (excludes halogenated alkanes) is 2. The van der Waals surface area contributed by atoms with Crippen molar-refractivity contribution in [2.75, 3.05) is 26.3 Å². The number of nitrogens with zero attached hydrogens (tertiary/aromatic N) is 2. The number of rotatable bonds is 7. The van der Waals surface area contributed by atoms with Crippen molar-refractivity contribution in [2.24, 2.45) is 11.8 Å². The number of thioether (sulfide) groups is 1. The largest absolute Gasteiger partial charge is 0.465 e. The van der Waals surface area contributed by atoms with Crippen molar-refractivity contribution in [2.45, 2.75) is 74.0 Å². The van der Waals surface area contributed by atoms with Crippen molar-refractivity contribution < 1.29 is 24.2 Å². The maximum Gasteiger partial charge on any atom is 0.311 e. The number of fused-ring (bicyclic) bond motifs is 2. The topological polar surface area (TPSA) is 87.2 Å². The Labute approximate surface area is 235 Å². The first-order valence-corrected chi connectivity index (χ1v) is 15.2. The Hall–Kier alpha value is -2.58. The van der Waals surface area contributed by atoms with Gasteiger partial charge < -0.3 is 19.6 Å². The Morgan fingerprint density at radius 2 is 1.85 bits per heavy atom. The molecule has 0 saturated carbocycles. The molecule has 8 heteroatoms. The summed E-state index contributed by atoms with van der Waals surface area (Å²) in [5.41, 5.74) is 0.767. The van der Waals surface area contributed by atoms with Crippen LogP contribution in [0.2, 0.25) is 0 Å². The minimum absolute atomic E-state index is 0.113. The van der Waals surface area contributed by atoms with E-state index in [9.17, 15) is 19.5 Å². The standard InChI is InChI=1S/C31H40N2O5S/c1-3-4-11-18-32-19-13-17-31-24(25-29(37)38-20-12-6-5-10-16-30(25,2)39-31)27(35)33(26(31)28(32)36)23(21-34)22-14-8-7-9-15-22/h7-10,13-17,23-26,34H,3-6,11-12,18-21H2,1-2H3/b16-10-/t23-,24+,25+,26?,30-,31+/m1/s1. The number of benzene rings is 1. The van der Waals surface area contributed by atoms with Crippen LogP contribution in [0.3, 0.4) is 0 Å². The van der Waals surface area contributed by atoms with Gasteiger partial charge in [-0.1, -0.05) is 74.4 Å². The van der Waals surface area contributed by atoms with Crippen LogP contribution in [0, 0.1) is 11.8 Å². The van der Waals surface area contributed by atoms with E-state index >= 15 is 0 Å². The minimum atomic E-state index is -0.952. The van der Waals surface area contributed by atoms with Crippen molar-refractivity contribution in [3.05, 3.63) is 60.2 Å². The van der Waals surface area contributed by atoms with Gasteiger partial charge in [0, 0.05) is 17.8 Å². The van der Waals surface area contributed by atoms with Gasteiger partial charge in [0.1, 0.15) is 6.04 Å². The zero-order chi connectivity index (χ0) is 27.6. The van der Waals surface area contributed by atoms with Crippen LogP contribution < -0.4 is 0 Å². The molecule has 1 aromatic carbocycles. The van der Waals surface area contributed by atoms with Gasteiger partial charge in [-0.15, -0.1) is 11.8 Å². The molecule has 0 radical (unpaired) electrons. The number of ether oxygens (including phenoxy) is 1. The molecule has 1 spiro atoms. The number of allylic oxidation sites excluding steroid dienone is 1. The van der Waals surface area contributed by atoms with Gasteiger partial charge in [0.15, 0.2) is 0 Å². The van der Waals surface area contributed by atoms with Crippen LogP contribution in [0.1, 0.15) is 64.0 Å². The molecule has 5 rings (SSSR count). The molecule has 39 heavy (non-hydrogen) atoms. The monoisotopic (exact) mass is 552 g/mol. The zero-order valence-electron chi connectivity index (χ0n) is 23.0. The van der Waals surface area contributed by atoms with Crippen molar-refractivity contribution in [3.8, 4) is 0 Å². The van der Waals surface area contributed by atoms with E-state index in [4.69, 9.17) is 4.74 Å². The summed E-state index contributed by atoms with van der Waals surface area (Å²) in [5, 5.41) is 10.6. The molecule has 2 fully saturated rings. The third kappa shape index (κ3) is 4.84. The molecule has 0 aliphatic carbocycles. The van der Waals surface area contributed by atoms with Crippen LogP contribution in [0.25, 0.3) is 0 Å². The van der Waals surface area contributed by atoms with Crippen LogP contribution in [-0.2, 0) is 19.1 Å². The van der Waals surface area contributed by atoms with E-state index in [-0.39, 0.29) is 24.4 Å². The van der Waals surface area contributed by atoms with Gasteiger partial charge in [0.05, 0.1) is 35.8 Å². The van der Waals surface area contributed by atoms with Crippen molar-refractivity contribution in [1.29, 1.82) is 0 Å². The second-order valence-electron chi connectivity index (χ2n) is 11.3. The van der Waals surface area contributed by atoms with Gasteiger partial charge >= 0.3 is 5.97 Å². The Kier molecular flexibility index (Phi) is 8.24. The fourth-order valence-corrected chi connectivity index (χ4v) is 9.04. The predicted octanol–water partition coefficient (Wildman–Crippen LogP) is 4.28. The van der Waals surface area contributed by atoms with Gasteiger partial charge in [0.2, 0.25) is 11.8 Å². The first kappa shape index (κ1) is 28.0. The second kappa shape index (κ2) is 11.5. The lowest BCUT2D eigenvalue weighted by Gasteiger charge is -2.40. The molecule has 2 amide bonds. The third-order valence-electron chi connectivity index (χ3n) is 8.75. The molecular weight excluding hydrogens is 512 g/mol. The summed E-state index contributed by atoms with van der Waals surface area (Å²) >= 11 is 1.55. The number of amides is 2. The summed E-state index contributed by atoms with van der Waals surface area (Å²) in [6, 6.07) is 7.85. The van der Waals surface area contributed by atoms with E-state index in [0.29, 0.717) is 19.7 Å². The SMILES string of the molecule is CCCCCN1CC=C[C@]23S[C@]4(C)/C=C\CCCCOC(=O)[C@@H]4[C@H]2C(=O)N([C@H](CO)c2ccccc2)C3C1=O. The molecule has 1 N–H and O–H groups in total. The Morgan fingerprint density at radius 3 is 2.59 bits per heavy atom. The fraction of sp³-hybridized carbons (Fsp3) is 0.581. The number of carbonyl (C=O) groups excluding carboxylic acids is 3. The van der Waals surface area contributed by atoms with E-state index in [0.717, 1.165) is 44.1 Å². The molecule has 0 aromatic heterocycles. The molecule has 210 valence electrons. The number of aliphatic hydroxyl groups excluding tert-OH is 1. The number of carbonyl (C=O) groups is 3. The van der Waals surface area contributed by atoms with Gasteiger partial charge in [-0.05, 0) is 38.2 Å². The maximum atomic E-state index is 14.6. The second-order valence-corrected chi connectivity index (χ2v) is 13.1. The first-order chi connectivity index (χ1) is 18.9. The number of aliphatic hydroxyl groups is 1. The Morgan fingerprint density at radius 1 is 1.05 bits per heavy atom. The van der Waals surface area contributed by atoms with Gasteiger partial charge in [-0.25, -0.2) is 0 Å². The molecular formula is C31H40N2O5S. The van der Waals surface area contributed by atoms with E-state index in [2.05, 4.69) is 19.1 Å². The van der Waals surface area contributed by atoms with Gasteiger partial charge in [-0.3, -0.25) is 14.4 Å². The molecule has 1 unspecified atom stereocenters. The molecule has 4 heterocycles. The van der Waals surface area contributed by atoms with E-state index in [1.165, 1.54) is 0 Å². The summed E-state index contributed by atoms with van der Waals surface area (Å²) in [4.78, 5) is 46.2. The summed E-state index contributed by atoms with van der Waals surface area (Å²) in [7, 11) is 0. The molecule has 4 aliphatic heterocycles. The van der Waals surface area contributed by atoms with Gasteiger partial charge in [-0.2, -0.15) is 0 Å². The van der Waals surface area contributed by atoms with Crippen molar-refractivity contribution >= 4 is 29.5 Å². The minimum Gasteiger partial charge on any atom is -0.465 e. The molecule has 0 bridgehead atoms. The number of hydrogen-bond acceptors (Lipinski definition) is 6. The molecule has 6 atom stereocenters. The quantitative estimate of drug-likeness (QED) is 0.309. The van der Waals surface area contributed by atoms with Gasteiger partial charge in [0.25, 0.3) is 0 Å². The number of likely N-dealkylation sites (tertiary alicyclic amines) is 1. The fourth-order valence-electron chi connectivity index (χ4n) is 6.90. The van der Waals surface area contributed by atoms with Crippen LogP contribution in [0.15, 0.2) is 54.6 Å². The van der Waals surface area contributed by atoms with Crippen molar-refractivity contribution in [3.63, 3.8) is 0 Å². The first-order valence-electron chi connectivity index (χ1n) is 14.4. The summed E-state index contributed by atoms with van der Waals surface area (Å²) < 4.78 is 4.10. The lowest BCUT2D eigenvalue weighted by atomic mass is 9.74. The van der Waals surface area contributed by atoms with E-state index < -0.39 is 33.4 Å². The van der Waals surface area contributed by atoms with Crippen LogP contribution in [-0.4, -0.2) is 74.5 Å².